The van der Waals surface area contributed by atoms with Crippen molar-refractivity contribution in [2.75, 3.05) is 20.8 Å². The topological polar surface area (TPSA) is 40.6 Å². The molecule has 3 aromatic rings. The summed E-state index contributed by atoms with van der Waals surface area (Å²) in [7, 11) is 3.31. The molecule has 0 radical (unpaired) electrons. The van der Waals surface area contributed by atoms with Gasteiger partial charge in [0.1, 0.15) is 10.8 Å². The summed E-state index contributed by atoms with van der Waals surface area (Å²) < 4.78 is 17.3. The van der Waals surface area contributed by atoms with E-state index >= 15 is 0 Å². The number of rotatable bonds is 6. The molecule has 0 fully saturated rings. The van der Waals surface area contributed by atoms with Crippen LogP contribution in [0.25, 0.3) is 22.4 Å². The van der Waals surface area contributed by atoms with Crippen molar-refractivity contribution in [2.45, 2.75) is 6.92 Å². The summed E-state index contributed by atoms with van der Waals surface area (Å²) in [4.78, 5) is 4.62. The summed E-state index contributed by atoms with van der Waals surface area (Å²) in [5.41, 5.74) is 2.02. The van der Waals surface area contributed by atoms with Gasteiger partial charge in [-0.2, -0.15) is 0 Å². The molecule has 1 aromatic heterocycles. The average Bonchev–Trinajstić information content (AvgIpc) is 3.02. The highest BCUT2D eigenvalue weighted by atomic mass is 32.1. The van der Waals surface area contributed by atoms with E-state index < -0.39 is 0 Å². The minimum absolute atomic E-state index is 0.600. The van der Waals surface area contributed by atoms with Gasteiger partial charge in [-0.05, 0) is 48.9 Å². The zero-order valence-corrected chi connectivity index (χ0v) is 14.7. The molecule has 0 spiro atoms. The lowest BCUT2D eigenvalue weighted by atomic mass is 10.2. The van der Waals surface area contributed by atoms with Crippen molar-refractivity contribution in [1.82, 2.24) is 4.98 Å². The zero-order chi connectivity index (χ0) is 16.9. The molecule has 5 heteroatoms. The number of hydrogen-bond acceptors (Lipinski definition) is 5. The second-order valence-electron chi connectivity index (χ2n) is 5.06. The van der Waals surface area contributed by atoms with Crippen LogP contribution >= 0.6 is 11.3 Å². The number of methoxy groups -OCH3 is 2. The van der Waals surface area contributed by atoms with Crippen LogP contribution in [0.5, 0.6) is 17.2 Å². The molecule has 2 aromatic carbocycles. The second kappa shape index (κ2) is 7.36. The molecule has 24 heavy (non-hydrogen) atoms. The van der Waals surface area contributed by atoms with Gasteiger partial charge in [0, 0.05) is 0 Å². The predicted octanol–water partition coefficient (Wildman–Crippen LogP) is 4.88. The lowest BCUT2D eigenvalue weighted by molar-refractivity contribution is 0.311. The van der Waals surface area contributed by atoms with Gasteiger partial charge < -0.3 is 14.2 Å². The van der Waals surface area contributed by atoms with Crippen LogP contribution in [0.2, 0.25) is 0 Å². The third-order valence-electron chi connectivity index (χ3n) is 3.52. The SMILES string of the molecule is CCOc1cc(/C=C/c2nc3ccc(OC)cc3s2)ccc1OC. The highest BCUT2D eigenvalue weighted by molar-refractivity contribution is 7.19. The Kier molecular flexibility index (Phi) is 5.01. The minimum Gasteiger partial charge on any atom is -0.497 e. The molecule has 4 nitrogen and oxygen atoms in total. The number of benzene rings is 2. The van der Waals surface area contributed by atoms with Crippen LogP contribution in [0.15, 0.2) is 36.4 Å². The van der Waals surface area contributed by atoms with Crippen molar-refractivity contribution in [1.29, 1.82) is 0 Å². The third-order valence-corrected chi connectivity index (χ3v) is 4.50. The lowest BCUT2D eigenvalue weighted by Crippen LogP contribution is -1.95. The number of ether oxygens (including phenoxy) is 3. The fraction of sp³-hybridized carbons (Fsp3) is 0.211. The maximum absolute atomic E-state index is 5.61. The normalized spacial score (nSPS) is 11.1. The van der Waals surface area contributed by atoms with E-state index in [-0.39, 0.29) is 0 Å². The van der Waals surface area contributed by atoms with E-state index in [2.05, 4.69) is 4.98 Å². The number of thiazole rings is 1. The van der Waals surface area contributed by atoms with Crippen LogP contribution in [-0.4, -0.2) is 25.8 Å². The summed E-state index contributed by atoms with van der Waals surface area (Å²) in [6.45, 7) is 2.56. The van der Waals surface area contributed by atoms with Crippen LogP contribution in [0.1, 0.15) is 17.5 Å². The molecule has 0 aliphatic carbocycles. The van der Waals surface area contributed by atoms with Gasteiger partial charge in [0.05, 0.1) is 31.0 Å². The molecule has 0 atom stereocenters. The first-order chi connectivity index (χ1) is 11.7. The van der Waals surface area contributed by atoms with Gasteiger partial charge in [-0.3, -0.25) is 0 Å². The first-order valence-electron chi connectivity index (χ1n) is 7.67. The lowest BCUT2D eigenvalue weighted by Gasteiger charge is -2.09. The number of hydrogen-bond donors (Lipinski definition) is 0. The summed E-state index contributed by atoms with van der Waals surface area (Å²) in [5.74, 6) is 2.33. The molecular formula is C19H19NO3S. The van der Waals surface area contributed by atoms with E-state index in [9.17, 15) is 0 Å². The van der Waals surface area contributed by atoms with Crippen LogP contribution in [0.4, 0.5) is 0 Å². The summed E-state index contributed by atoms with van der Waals surface area (Å²) in [6.07, 6.45) is 4.03. The van der Waals surface area contributed by atoms with Crippen molar-refractivity contribution >= 4 is 33.7 Å². The van der Waals surface area contributed by atoms with E-state index in [4.69, 9.17) is 14.2 Å². The van der Waals surface area contributed by atoms with E-state index in [0.717, 1.165) is 38.0 Å². The molecule has 0 bridgehead atoms. The number of nitrogens with zero attached hydrogens (tertiary/aromatic N) is 1. The molecule has 0 saturated carbocycles. The molecule has 0 aliphatic rings. The van der Waals surface area contributed by atoms with Crippen molar-refractivity contribution in [3.8, 4) is 17.2 Å². The van der Waals surface area contributed by atoms with Crippen LogP contribution in [0, 0.1) is 0 Å². The number of aromatic nitrogens is 1. The highest BCUT2D eigenvalue weighted by Gasteiger charge is 2.05. The monoisotopic (exact) mass is 341 g/mol. The van der Waals surface area contributed by atoms with Crippen LogP contribution in [-0.2, 0) is 0 Å². The van der Waals surface area contributed by atoms with Gasteiger partial charge in [0.2, 0.25) is 0 Å². The van der Waals surface area contributed by atoms with Crippen LogP contribution < -0.4 is 14.2 Å². The van der Waals surface area contributed by atoms with Gasteiger partial charge in [-0.15, -0.1) is 11.3 Å². The Morgan fingerprint density at radius 3 is 2.62 bits per heavy atom. The van der Waals surface area contributed by atoms with E-state index in [0.29, 0.717) is 6.61 Å². The van der Waals surface area contributed by atoms with Gasteiger partial charge in [-0.25, -0.2) is 4.98 Å². The van der Waals surface area contributed by atoms with Crippen molar-refractivity contribution in [3.63, 3.8) is 0 Å². The van der Waals surface area contributed by atoms with Gasteiger partial charge in [0.25, 0.3) is 0 Å². The third kappa shape index (κ3) is 3.51. The van der Waals surface area contributed by atoms with Crippen molar-refractivity contribution in [3.05, 3.63) is 47.0 Å². The van der Waals surface area contributed by atoms with Crippen molar-refractivity contribution < 1.29 is 14.2 Å². The fourth-order valence-corrected chi connectivity index (χ4v) is 3.25. The first kappa shape index (κ1) is 16.3. The molecule has 0 saturated heterocycles. The Balaban J connectivity index is 1.86. The Morgan fingerprint density at radius 2 is 1.88 bits per heavy atom. The Bertz CT molecular complexity index is 870. The van der Waals surface area contributed by atoms with Crippen LogP contribution in [0.3, 0.4) is 0 Å². The smallest absolute Gasteiger partial charge is 0.161 e. The quantitative estimate of drug-likeness (QED) is 0.640. The molecule has 0 unspecified atom stereocenters. The Morgan fingerprint density at radius 1 is 1.00 bits per heavy atom. The van der Waals surface area contributed by atoms with Gasteiger partial charge in [-0.1, -0.05) is 12.1 Å². The molecule has 1 heterocycles. The summed E-state index contributed by atoms with van der Waals surface area (Å²) in [5, 5.41) is 0.951. The van der Waals surface area contributed by atoms with E-state index in [1.807, 2.05) is 55.5 Å². The van der Waals surface area contributed by atoms with Crippen molar-refractivity contribution in [2.24, 2.45) is 0 Å². The maximum Gasteiger partial charge on any atom is 0.161 e. The molecule has 0 amide bonds. The Labute approximate surface area is 145 Å². The molecule has 3 rings (SSSR count). The largest absolute Gasteiger partial charge is 0.497 e. The van der Waals surface area contributed by atoms with E-state index in [1.54, 1.807) is 25.6 Å². The van der Waals surface area contributed by atoms with Gasteiger partial charge >= 0.3 is 0 Å². The molecule has 124 valence electrons. The molecule has 0 N–H and O–H groups in total. The maximum atomic E-state index is 5.61. The standard InChI is InChI=1S/C19H19NO3S/c1-4-23-17-11-13(5-9-16(17)22-3)6-10-19-20-15-8-7-14(21-2)12-18(15)24-19/h5-12H,4H2,1-3H3/b10-6+. The second-order valence-corrected chi connectivity index (χ2v) is 6.12. The average molecular weight is 341 g/mol. The highest BCUT2D eigenvalue weighted by Crippen LogP contribution is 2.30. The summed E-state index contributed by atoms with van der Waals surface area (Å²) >= 11 is 1.63. The van der Waals surface area contributed by atoms with E-state index in [1.165, 1.54) is 0 Å². The minimum atomic E-state index is 0.600. The molecular weight excluding hydrogens is 322 g/mol. The fourth-order valence-electron chi connectivity index (χ4n) is 2.35. The number of fused-ring (bicyclic) bond motifs is 1. The summed E-state index contributed by atoms with van der Waals surface area (Å²) in [6, 6.07) is 11.8. The van der Waals surface area contributed by atoms with Gasteiger partial charge in [0.15, 0.2) is 11.5 Å². The predicted molar refractivity (Wildman–Crippen MR) is 99.3 cm³/mol. The first-order valence-corrected chi connectivity index (χ1v) is 8.48. The molecule has 0 aliphatic heterocycles. The Hall–Kier alpha value is -2.53. The zero-order valence-electron chi connectivity index (χ0n) is 13.9.